The van der Waals surface area contributed by atoms with Crippen LogP contribution in [0, 0.1) is 6.92 Å². The number of hydrogen-bond acceptors (Lipinski definition) is 7. The molecule has 8 heteroatoms. The zero-order chi connectivity index (χ0) is 21.9. The van der Waals surface area contributed by atoms with Gasteiger partial charge in [0.05, 0.1) is 23.2 Å². The Balaban J connectivity index is 1.45. The number of aryl methyl sites for hydroxylation is 1. The van der Waals surface area contributed by atoms with E-state index in [2.05, 4.69) is 15.1 Å². The number of fused-ring (bicyclic) bond motifs is 1. The minimum Gasteiger partial charge on any atom is -0.334 e. The van der Waals surface area contributed by atoms with Crippen molar-refractivity contribution in [3.63, 3.8) is 0 Å². The molecule has 0 saturated carbocycles. The van der Waals surface area contributed by atoms with Crippen molar-refractivity contribution >= 4 is 22.7 Å². The standard InChI is InChI=1S/C24H19N5O2S/c1-16-8-10-18(11-9-16)22-27-21(28-31-22)15-32-24-26-20-7-3-2-6-19(20)23(30)29(24)14-17-5-4-12-25-13-17/h2-13H,14-15H2,1H3. The fourth-order valence-electron chi connectivity index (χ4n) is 3.33. The second kappa shape index (κ2) is 8.76. The van der Waals surface area contributed by atoms with Gasteiger partial charge < -0.3 is 4.52 Å². The molecule has 5 rings (SSSR count). The predicted molar refractivity (Wildman–Crippen MR) is 123 cm³/mol. The summed E-state index contributed by atoms with van der Waals surface area (Å²) in [5.74, 6) is 1.44. The number of aromatic nitrogens is 5. The van der Waals surface area contributed by atoms with E-state index >= 15 is 0 Å². The van der Waals surface area contributed by atoms with Crippen LogP contribution in [0.25, 0.3) is 22.4 Å². The third-order valence-electron chi connectivity index (χ3n) is 4.99. The first-order chi connectivity index (χ1) is 15.7. The topological polar surface area (TPSA) is 86.7 Å². The largest absolute Gasteiger partial charge is 0.334 e. The molecule has 0 aliphatic rings. The van der Waals surface area contributed by atoms with Gasteiger partial charge in [-0.2, -0.15) is 4.98 Å². The van der Waals surface area contributed by atoms with E-state index in [-0.39, 0.29) is 5.56 Å². The molecule has 32 heavy (non-hydrogen) atoms. The van der Waals surface area contributed by atoms with Gasteiger partial charge in [0.2, 0.25) is 0 Å². The molecule has 0 saturated heterocycles. The first-order valence-corrected chi connectivity index (χ1v) is 11.1. The average Bonchev–Trinajstić information content (AvgIpc) is 3.30. The van der Waals surface area contributed by atoms with E-state index in [1.165, 1.54) is 11.8 Å². The van der Waals surface area contributed by atoms with Gasteiger partial charge in [0.1, 0.15) is 0 Å². The van der Waals surface area contributed by atoms with Crippen molar-refractivity contribution in [3.8, 4) is 11.5 Å². The van der Waals surface area contributed by atoms with E-state index in [0.717, 1.165) is 16.7 Å². The van der Waals surface area contributed by atoms with Crippen LogP contribution in [0.15, 0.2) is 87.5 Å². The first kappa shape index (κ1) is 20.1. The number of para-hydroxylation sites is 1. The first-order valence-electron chi connectivity index (χ1n) is 10.1. The number of benzene rings is 2. The molecule has 0 spiro atoms. The molecule has 0 fully saturated rings. The van der Waals surface area contributed by atoms with Crippen molar-refractivity contribution in [2.75, 3.05) is 0 Å². The fraction of sp³-hybridized carbons (Fsp3) is 0.125. The van der Waals surface area contributed by atoms with E-state index in [1.807, 2.05) is 61.5 Å². The molecule has 0 radical (unpaired) electrons. The second-order valence-electron chi connectivity index (χ2n) is 7.33. The lowest BCUT2D eigenvalue weighted by Crippen LogP contribution is -2.24. The van der Waals surface area contributed by atoms with Gasteiger partial charge in [-0.1, -0.05) is 52.8 Å². The van der Waals surface area contributed by atoms with Crippen LogP contribution < -0.4 is 5.56 Å². The van der Waals surface area contributed by atoms with Crippen LogP contribution in [-0.4, -0.2) is 24.7 Å². The molecule has 0 aliphatic heterocycles. The van der Waals surface area contributed by atoms with Crippen LogP contribution in [0.5, 0.6) is 0 Å². The van der Waals surface area contributed by atoms with Crippen LogP contribution in [0.2, 0.25) is 0 Å². The van der Waals surface area contributed by atoms with Crippen LogP contribution in [-0.2, 0) is 12.3 Å². The zero-order valence-electron chi connectivity index (χ0n) is 17.3. The molecule has 0 atom stereocenters. The molecule has 5 aromatic rings. The SMILES string of the molecule is Cc1ccc(-c2nc(CSc3nc4ccccc4c(=O)n3Cc3cccnc3)no2)cc1. The maximum absolute atomic E-state index is 13.2. The summed E-state index contributed by atoms with van der Waals surface area (Å²) in [7, 11) is 0. The van der Waals surface area contributed by atoms with Gasteiger partial charge >= 0.3 is 0 Å². The average molecular weight is 442 g/mol. The van der Waals surface area contributed by atoms with Gasteiger partial charge in [-0.15, -0.1) is 0 Å². The molecule has 0 amide bonds. The van der Waals surface area contributed by atoms with Crippen LogP contribution in [0.1, 0.15) is 17.0 Å². The normalized spacial score (nSPS) is 11.2. The highest BCUT2D eigenvalue weighted by molar-refractivity contribution is 7.98. The summed E-state index contributed by atoms with van der Waals surface area (Å²) >= 11 is 1.41. The summed E-state index contributed by atoms with van der Waals surface area (Å²) in [5.41, 5.74) is 3.54. The van der Waals surface area contributed by atoms with Gasteiger partial charge in [-0.25, -0.2) is 4.98 Å². The minimum atomic E-state index is -0.0876. The lowest BCUT2D eigenvalue weighted by molar-refractivity contribution is 0.425. The molecule has 2 aromatic carbocycles. The van der Waals surface area contributed by atoms with Crippen LogP contribution in [0.3, 0.4) is 0 Å². The van der Waals surface area contributed by atoms with E-state index in [9.17, 15) is 4.79 Å². The Bertz CT molecular complexity index is 1430. The number of hydrogen-bond donors (Lipinski definition) is 0. The molecule has 7 nitrogen and oxygen atoms in total. The second-order valence-corrected chi connectivity index (χ2v) is 8.28. The summed E-state index contributed by atoms with van der Waals surface area (Å²) < 4.78 is 7.10. The Kier molecular flexibility index (Phi) is 5.51. The third kappa shape index (κ3) is 4.17. The molecule has 3 aromatic heterocycles. The lowest BCUT2D eigenvalue weighted by atomic mass is 10.1. The summed E-state index contributed by atoms with van der Waals surface area (Å²) in [4.78, 5) is 26.6. The molecule has 0 N–H and O–H groups in total. The summed E-state index contributed by atoms with van der Waals surface area (Å²) in [6.45, 7) is 2.41. The van der Waals surface area contributed by atoms with Gasteiger partial charge in [-0.05, 0) is 42.8 Å². The Morgan fingerprint density at radius 3 is 2.66 bits per heavy atom. The monoisotopic (exact) mass is 441 g/mol. The molecular formula is C24H19N5O2S. The highest BCUT2D eigenvalue weighted by atomic mass is 32.2. The van der Waals surface area contributed by atoms with Crippen molar-refractivity contribution < 1.29 is 4.52 Å². The van der Waals surface area contributed by atoms with Crippen molar-refractivity contribution in [1.29, 1.82) is 0 Å². The highest BCUT2D eigenvalue weighted by Crippen LogP contribution is 2.24. The van der Waals surface area contributed by atoms with Crippen LogP contribution in [0.4, 0.5) is 0 Å². The molecular weight excluding hydrogens is 422 g/mol. The van der Waals surface area contributed by atoms with Crippen molar-refractivity contribution in [3.05, 3.63) is 100 Å². The fourth-order valence-corrected chi connectivity index (χ4v) is 4.17. The van der Waals surface area contributed by atoms with E-state index in [4.69, 9.17) is 9.51 Å². The molecule has 0 unspecified atom stereocenters. The Morgan fingerprint density at radius 1 is 1.00 bits per heavy atom. The van der Waals surface area contributed by atoms with Gasteiger partial charge in [0, 0.05) is 18.0 Å². The Labute approximate surface area is 188 Å². The summed E-state index contributed by atoms with van der Waals surface area (Å²) in [5, 5.41) is 5.28. The van der Waals surface area contributed by atoms with E-state index in [0.29, 0.717) is 40.1 Å². The lowest BCUT2D eigenvalue weighted by Gasteiger charge is -2.12. The van der Waals surface area contributed by atoms with Gasteiger partial charge in [0.15, 0.2) is 11.0 Å². The van der Waals surface area contributed by atoms with Crippen molar-refractivity contribution in [2.45, 2.75) is 24.4 Å². The predicted octanol–water partition coefficient (Wildman–Crippen LogP) is 4.49. The summed E-state index contributed by atoms with van der Waals surface area (Å²) in [6, 6.07) is 19.1. The highest BCUT2D eigenvalue weighted by Gasteiger charge is 2.15. The number of nitrogens with zero attached hydrogens (tertiary/aromatic N) is 5. The number of thioether (sulfide) groups is 1. The molecule has 158 valence electrons. The van der Waals surface area contributed by atoms with E-state index < -0.39 is 0 Å². The molecule has 0 aliphatic carbocycles. The smallest absolute Gasteiger partial charge is 0.262 e. The number of rotatable bonds is 6. The molecule has 3 heterocycles. The zero-order valence-corrected chi connectivity index (χ0v) is 18.1. The third-order valence-corrected chi connectivity index (χ3v) is 5.96. The quantitative estimate of drug-likeness (QED) is 0.283. The maximum atomic E-state index is 13.2. The maximum Gasteiger partial charge on any atom is 0.262 e. The minimum absolute atomic E-state index is 0.0876. The summed E-state index contributed by atoms with van der Waals surface area (Å²) in [6.07, 6.45) is 3.46. The van der Waals surface area contributed by atoms with E-state index in [1.54, 1.807) is 23.0 Å². The van der Waals surface area contributed by atoms with Crippen LogP contribution >= 0.6 is 11.8 Å². The Hall–Kier alpha value is -3.78. The number of pyridine rings is 1. The van der Waals surface area contributed by atoms with Crippen molar-refractivity contribution in [2.24, 2.45) is 0 Å². The van der Waals surface area contributed by atoms with Gasteiger partial charge in [-0.3, -0.25) is 14.3 Å². The van der Waals surface area contributed by atoms with Gasteiger partial charge in [0.25, 0.3) is 11.4 Å². The molecule has 0 bridgehead atoms. The Morgan fingerprint density at radius 2 is 1.84 bits per heavy atom. The van der Waals surface area contributed by atoms with Crippen molar-refractivity contribution in [1.82, 2.24) is 24.7 Å².